The third-order valence-electron chi connectivity index (χ3n) is 3.23. The molecule has 4 nitrogen and oxygen atoms in total. The second-order valence-corrected chi connectivity index (χ2v) is 7.05. The molecule has 0 saturated heterocycles. The molecule has 1 amide bonds. The smallest absolute Gasteiger partial charge is 0.234 e. The van der Waals surface area contributed by atoms with Gasteiger partial charge in [-0.15, -0.1) is 0 Å². The van der Waals surface area contributed by atoms with Gasteiger partial charge < -0.3 is 5.32 Å². The molecule has 0 aliphatic carbocycles. The second-order valence-electron chi connectivity index (χ2n) is 5.17. The van der Waals surface area contributed by atoms with Gasteiger partial charge in [-0.1, -0.05) is 27.7 Å². The number of nitrogens with zero attached hydrogens (tertiary/aromatic N) is 2. The molecule has 0 unspecified atom stereocenters. The minimum absolute atomic E-state index is 0.120. The highest BCUT2D eigenvalue weighted by molar-refractivity contribution is 9.10. The number of aryl methyl sites for hydroxylation is 3. The van der Waals surface area contributed by atoms with Gasteiger partial charge in [0.05, 0.1) is 11.3 Å². The molecular weight excluding hydrogens is 374 g/mol. The summed E-state index contributed by atoms with van der Waals surface area (Å²) in [6, 6.07) is 9.72. The molecule has 23 heavy (non-hydrogen) atoms. The predicted octanol–water partition coefficient (Wildman–Crippen LogP) is 4.37. The van der Waals surface area contributed by atoms with E-state index in [4.69, 9.17) is 0 Å². The van der Waals surface area contributed by atoms with Gasteiger partial charge >= 0.3 is 0 Å². The van der Waals surface area contributed by atoms with Gasteiger partial charge in [-0.05, 0) is 56.2 Å². The minimum Gasteiger partial charge on any atom is -0.325 e. The van der Waals surface area contributed by atoms with E-state index in [2.05, 4.69) is 32.3 Å². The highest BCUT2D eigenvalue weighted by Gasteiger charge is 2.12. The lowest BCUT2D eigenvalue weighted by Crippen LogP contribution is -2.15. The number of nitrogens with one attached hydrogen (secondary N) is 1. The molecule has 0 saturated carbocycles. The first-order valence-electron chi connectivity index (χ1n) is 6.98. The molecule has 0 bridgehead atoms. The molecule has 2 rings (SSSR count). The Bertz CT molecular complexity index is 799. The number of rotatable bonds is 4. The SMILES string of the molecule is Cc1cc(C)c(C#N)c(SCC(=O)Nc2ccc(Br)cc2C)n1. The summed E-state index contributed by atoms with van der Waals surface area (Å²) in [7, 11) is 0. The van der Waals surface area contributed by atoms with Crippen molar-refractivity contribution in [2.24, 2.45) is 0 Å². The molecule has 1 aromatic heterocycles. The zero-order valence-electron chi connectivity index (χ0n) is 13.1. The van der Waals surface area contributed by atoms with E-state index >= 15 is 0 Å². The third kappa shape index (κ3) is 4.57. The van der Waals surface area contributed by atoms with Gasteiger partial charge in [0.15, 0.2) is 0 Å². The molecule has 0 atom stereocenters. The molecule has 0 aliphatic rings. The van der Waals surface area contributed by atoms with Gasteiger partial charge in [0, 0.05) is 15.9 Å². The average Bonchev–Trinajstić information content (AvgIpc) is 2.47. The van der Waals surface area contributed by atoms with Crippen molar-refractivity contribution in [3.8, 4) is 6.07 Å². The maximum Gasteiger partial charge on any atom is 0.234 e. The van der Waals surface area contributed by atoms with Crippen LogP contribution in [-0.2, 0) is 4.79 Å². The number of carbonyl (C=O) groups excluding carboxylic acids is 1. The van der Waals surface area contributed by atoms with Crippen LogP contribution in [0, 0.1) is 32.1 Å². The fourth-order valence-corrected chi connectivity index (χ4v) is 3.51. The maximum absolute atomic E-state index is 12.1. The second kappa shape index (κ2) is 7.62. The van der Waals surface area contributed by atoms with Crippen LogP contribution in [0.1, 0.15) is 22.4 Å². The van der Waals surface area contributed by atoms with E-state index in [1.165, 1.54) is 11.8 Å². The average molecular weight is 390 g/mol. The molecule has 118 valence electrons. The van der Waals surface area contributed by atoms with E-state index in [1.807, 2.05) is 45.0 Å². The van der Waals surface area contributed by atoms with Crippen LogP contribution in [0.15, 0.2) is 33.8 Å². The zero-order valence-corrected chi connectivity index (χ0v) is 15.5. The van der Waals surface area contributed by atoms with Gasteiger partial charge in [-0.3, -0.25) is 4.79 Å². The van der Waals surface area contributed by atoms with Crippen molar-refractivity contribution in [2.45, 2.75) is 25.8 Å². The quantitative estimate of drug-likeness (QED) is 0.788. The summed E-state index contributed by atoms with van der Waals surface area (Å²) in [6.07, 6.45) is 0. The van der Waals surface area contributed by atoms with Crippen LogP contribution in [0.5, 0.6) is 0 Å². The van der Waals surface area contributed by atoms with Gasteiger partial charge in [0.2, 0.25) is 5.91 Å². The summed E-state index contributed by atoms with van der Waals surface area (Å²) < 4.78 is 0.973. The molecule has 0 aliphatic heterocycles. The number of aromatic nitrogens is 1. The number of pyridine rings is 1. The Hall–Kier alpha value is -1.84. The Labute approximate surface area is 148 Å². The van der Waals surface area contributed by atoms with Crippen molar-refractivity contribution in [1.82, 2.24) is 4.98 Å². The number of nitriles is 1. The molecular formula is C17H16BrN3OS. The minimum atomic E-state index is -0.120. The molecule has 0 radical (unpaired) electrons. The van der Waals surface area contributed by atoms with Crippen molar-refractivity contribution >= 4 is 39.3 Å². The van der Waals surface area contributed by atoms with Crippen LogP contribution < -0.4 is 5.32 Å². The third-order valence-corrected chi connectivity index (χ3v) is 4.69. The number of hydrogen-bond donors (Lipinski definition) is 1. The first kappa shape index (κ1) is 17.5. The molecule has 0 spiro atoms. The number of hydrogen-bond acceptors (Lipinski definition) is 4. The Morgan fingerprint density at radius 2 is 2.04 bits per heavy atom. The Balaban J connectivity index is 2.07. The normalized spacial score (nSPS) is 10.2. The number of halogens is 1. The molecule has 1 heterocycles. The van der Waals surface area contributed by atoms with Crippen molar-refractivity contribution in [3.05, 3.63) is 51.1 Å². The highest BCUT2D eigenvalue weighted by Crippen LogP contribution is 2.24. The van der Waals surface area contributed by atoms with Crippen molar-refractivity contribution < 1.29 is 4.79 Å². The van der Waals surface area contributed by atoms with E-state index in [-0.39, 0.29) is 11.7 Å². The first-order chi connectivity index (χ1) is 10.9. The highest BCUT2D eigenvalue weighted by atomic mass is 79.9. The lowest BCUT2D eigenvalue weighted by molar-refractivity contribution is -0.113. The van der Waals surface area contributed by atoms with Crippen molar-refractivity contribution in [2.75, 3.05) is 11.1 Å². The number of carbonyl (C=O) groups is 1. The monoisotopic (exact) mass is 389 g/mol. The molecule has 0 fully saturated rings. The van der Waals surface area contributed by atoms with E-state index in [0.717, 1.165) is 27.0 Å². The van der Waals surface area contributed by atoms with E-state index < -0.39 is 0 Å². The lowest BCUT2D eigenvalue weighted by Gasteiger charge is -2.10. The van der Waals surface area contributed by atoms with Crippen LogP contribution in [0.3, 0.4) is 0 Å². The summed E-state index contributed by atoms with van der Waals surface area (Å²) in [6.45, 7) is 5.69. The Kier molecular flexibility index (Phi) is 5.80. The zero-order chi connectivity index (χ0) is 17.0. The summed E-state index contributed by atoms with van der Waals surface area (Å²) in [5.74, 6) is 0.0883. The number of amides is 1. The van der Waals surface area contributed by atoms with Crippen LogP contribution >= 0.6 is 27.7 Å². The van der Waals surface area contributed by atoms with E-state index in [0.29, 0.717) is 10.6 Å². The summed E-state index contributed by atoms with van der Waals surface area (Å²) in [4.78, 5) is 16.5. The molecule has 2 aromatic rings. The Morgan fingerprint density at radius 3 is 2.70 bits per heavy atom. The van der Waals surface area contributed by atoms with Gasteiger partial charge in [0.1, 0.15) is 11.1 Å². The fourth-order valence-electron chi connectivity index (χ4n) is 2.13. The predicted molar refractivity (Wildman–Crippen MR) is 96.7 cm³/mol. The van der Waals surface area contributed by atoms with Crippen LogP contribution in [0.4, 0.5) is 5.69 Å². The summed E-state index contributed by atoms with van der Waals surface area (Å²) in [5.41, 5.74) is 4.03. The van der Waals surface area contributed by atoms with E-state index in [1.54, 1.807) is 0 Å². The van der Waals surface area contributed by atoms with Gasteiger partial charge in [-0.2, -0.15) is 5.26 Å². The van der Waals surface area contributed by atoms with Crippen molar-refractivity contribution in [3.63, 3.8) is 0 Å². The lowest BCUT2D eigenvalue weighted by atomic mass is 10.1. The van der Waals surface area contributed by atoms with Crippen LogP contribution in [-0.4, -0.2) is 16.6 Å². The maximum atomic E-state index is 12.1. The number of anilines is 1. The van der Waals surface area contributed by atoms with Crippen LogP contribution in [0.25, 0.3) is 0 Å². The van der Waals surface area contributed by atoms with Crippen LogP contribution in [0.2, 0.25) is 0 Å². The van der Waals surface area contributed by atoms with E-state index in [9.17, 15) is 10.1 Å². The first-order valence-corrected chi connectivity index (χ1v) is 8.75. The van der Waals surface area contributed by atoms with Gasteiger partial charge in [0.25, 0.3) is 0 Å². The summed E-state index contributed by atoms with van der Waals surface area (Å²) >= 11 is 4.68. The fraction of sp³-hybridized carbons (Fsp3) is 0.235. The molecule has 1 aromatic carbocycles. The number of thioether (sulfide) groups is 1. The standard InChI is InChI=1S/C17H16BrN3OS/c1-10-6-12(3)20-17(14(10)8-19)23-9-16(22)21-15-5-4-13(18)7-11(15)2/h4-7H,9H2,1-3H3,(H,21,22). The molecule has 6 heteroatoms. The summed E-state index contributed by atoms with van der Waals surface area (Å²) in [5, 5.41) is 12.7. The largest absolute Gasteiger partial charge is 0.325 e. The molecule has 1 N–H and O–H groups in total. The van der Waals surface area contributed by atoms with Gasteiger partial charge in [-0.25, -0.2) is 4.98 Å². The topological polar surface area (TPSA) is 65.8 Å². The van der Waals surface area contributed by atoms with Crippen molar-refractivity contribution in [1.29, 1.82) is 5.26 Å². The Morgan fingerprint density at radius 1 is 1.30 bits per heavy atom. The number of benzene rings is 1.